The minimum absolute atomic E-state index is 0.0273. The van der Waals surface area contributed by atoms with Gasteiger partial charge in [-0.2, -0.15) is 0 Å². The van der Waals surface area contributed by atoms with Gasteiger partial charge in [0.25, 0.3) is 5.24 Å². The molecule has 5 heteroatoms. The smallest absolute Gasteiger partial charge is 0.267 e. The molecule has 3 nitrogen and oxygen atoms in total. The van der Waals surface area contributed by atoms with Crippen LogP contribution in [-0.4, -0.2) is 27.6 Å². The minimum atomic E-state index is -1.32. The van der Waals surface area contributed by atoms with E-state index in [1.54, 1.807) is 23.3 Å². The third-order valence-corrected chi connectivity index (χ3v) is 6.56. The van der Waals surface area contributed by atoms with Crippen molar-refractivity contribution in [3.63, 3.8) is 0 Å². The number of hydrogen-bond acceptors (Lipinski definition) is 3. The van der Waals surface area contributed by atoms with Gasteiger partial charge >= 0.3 is 0 Å². The molecule has 0 aromatic carbocycles. The van der Waals surface area contributed by atoms with E-state index in [9.17, 15) is 4.79 Å². The summed E-state index contributed by atoms with van der Waals surface area (Å²) >= 11 is 1.40. The van der Waals surface area contributed by atoms with Gasteiger partial charge in [0, 0.05) is 17.1 Å². The predicted molar refractivity (Wildman–Crippen MR) is 123 cm³/mol. The second-order valence-corrected chi connectivity index (χ2v) is 15.3. The van der Waals surface area contributed by atoms with Crippen LogP contribution in [0.2, 0.25) is 19.6 Å². The first-order valence-electron chi connectivity index (χ1n) is 9.71. The highest BCUT2D eigenvalue weighted by Gasteiger charge is 2.26. The quantitative estimate of drug-likeness (QED) is 0.321. The molecule has 0 saturated carbocycles. The van der Waals surface area contributed by atoms with Crippen LogP contribution in [0, 0.1) is 0 Å². The van der Waals surface area contributed by atoms with Gasteiger partial charge in [0.2, 0.25) is 0 Å². The number of carbonyl (C=O) groups excluding carboxylic acids is 1. The van der Waals surface area contributed by atoms with Crippen LogP contribution >= 0.6 is 11.8 Å². The zero-order chi connectivity index (χ0) is 20.5. The van der Waals surface area contributed by atoms with Crippen LogP contribution in [0.4, 0.5) is 4.79 Å². The maximum atomic E-state index is 12.6. The third kappa shape index (κ3) is 10.5. The SMILES string of the molecule is CC(C)=CCC/C(C)=C/CC[C@@](C)(/C=C/[Si](C)(C)C)SC(=O)n1ccnc1. The van der Waals surface area contributed by atoms with E-state index in [1.165, 1.54) is 22.9 Å². The number of imidazole rings is 1. The first-order valence-corrected chi connectivity index (χ1v) is 14.1. The molecule has 1 heterocycles. The lowest BCUT2D eigenvalue weighted by Gasteiger charge is -2.25. The molecule has 0 unspecified atom stereocenters. The van der Waals surface area contributed by atoms with Crippen molar-refractivity contribution >= 4 is 25.1 Å². The summed E-state index contributed by atoms with van der Waals surface area (Å²) in [4.78, 5) is 16.6. The molecule has 1 aromatic heterocycles. The average molecular weight is 405 g/mol. The molecule has 1 rings (SSSR count). The van der Waals surface area contributed by atoms with E-state index in [2.05, 4.69) is 76.2 Å². The number of allylic oxidation sites excluding steroid dienone is 4. The van der Waals surface area contributed by atoms with Crippen molar-refractivity contribution in [3.8, 4) is 0 Å². The molecule has 150 valence electrons. The van der Waals surface area contributed by atoms with Gasteiger partial charge in [0.05, 0.1) is 8.07 Å². The molecular weight excluding hydrogens is 368 g/mol. The van der Waals surface area contributed by atoms with Crippen LogP contribution in [0.5, 0.6) is 0 Å². The van der Waals surface area contributed by atoms with E-state index in [4.69, 9.17) is 0 Å². The molecule has 0 amide bonds. The van der Waals surface area contributed by atoms with Crippen molar-refractivity contribution < 1.29 is 4.79 Å². The number of aromatic nitrogens is 2. The van der Waals surface area contributed by atoms with Gasteiger partial charge in [-0.05, 0) is 53.4 Å². The lowest BCUT2D eigenvalue weighted by Crippen LogP contribution is -2.24. The van der Waals surface area contributed by atoms with Gasteiger partial charge in [0.15, 0.2) is 0 Å². The normalized spacial score (nSPS) is 15.0. The number of hydrogen-bond donors (Lipinski definition) is 0. The summed E-state index contributed by atoms with van der Waals surface area (Å²) in [5.41, 5.74) is 5.16. The first kappa shape index (κ1) is 23.7. The second kappa shape index (κ2) is 10.9. The summed E-state index contributed by atoms with van der Waals surface area (Å²) in [6.07, 6.45) is 16.0. The van der Waals surface area contributed by atoms with Crippen molar-refractivity contribution in [2.75, 3.05) is 0 Å². The van der Waals surface area contributed by atoms with Crippen LogP contribution in [0.3, 0.4) is 0 Å². The van der Waals surface area contributed by atoms with Crippen LogP contribution in [0.15, 0.2) is 53.8 Å². The van der Waals surface area contributed by atoms with E-state index < -0.39 is 8.07 Å². The zero-order valence-electron chi connectivity index (χ0n) is 18.1. The Balaban J connectivity index is 2.78. The van der Waals surface area contributed by atoms with E-state index in [0.29, 0.717) is 0 Å². The van der Waals surface area contributed by atoms with Crippen molar-refractivity contribution in [3.05, 3.63) is 53.8 Å². The summed E-state index contributed by atoms with van der Waals surface area (Å²) < 4.78 is 1.35. The molecule has 0 aliphatic carbocycles. The lowest BCUT2D eigenvalue weighted by molar-refractivity contribution is 0.261. The summed E-state index contributed by atoms with van der Waals surface area (Å²) in [6.45, 7) is 15.6. The molecule has 0 bridgehead atoms. The van der Waals surface area contributed by atoms with Gasteiger partial charge in [-0.25, -0.2) is 4.98 Å². The molecule has 1 atom stereocenters. The van der Waals surface area contributed by atoms with Crippen LogP contribution in [-0.2, 0) is 0 Å². The topological polar surface area (TPSA) is 34.9 Å². The highest BCUT2D eigenvalue weighted by Crippen LogP contribution is 2.34. The van der Waals surface area contributed by atoms with E-state index >= 15 is 0 Å². The Kier molecular flexibility index (Phi) is 9.54. The Hall–Kier alpha value is -1.33. The van der Waals surface area contributed by atoms with Crippen LogP contribution in [0.1, 0.15) is 53.4 Å². The number of thioether (sulfide) groups is 1. The summed E-state index contributed by atoms with van der Waals surface area (Å²) in [5, 5.41) is 0.0273. The molecular formula is C22H36N2OSSi. The van der Waals surface area contributed by atoms with Gasteiger partial charge in [-0.15, -0.1) is 0 Å². The fourth-order valence-corrected chi connectivity index (χ4v) is 4.47. The maximum Gasteiger partial charge on any atom is 0.291 e. The van der Waals surface area contributed by atoms with Gasteiger partial charge in [0.1, 0.15) is 6.33 Å². The summed E-state index contributed by atoms with van der Waals surface area (Å²) in [6, 6.07) is 0. The molecule has 0 radical (unpaired) electrons. The molecule has 27 heavy (non-hydrogen) atoms. The van der Waals surface area contributed by atoms with Gasteiger partial charge in [-0.3, -0.25) is 9.36 Å². The fourth-order valence-electron chi connectivity index (χ4n) is 2.51. The van der Waals surface area contributed by atoms with Gasteiger partial charge in [-0.1, -0.05) is 66.5 Å². The standard InChI is InChI=1S/C22H36N2OSSi/c1-19(2)10-8-11-20(3)12-9-13-22(4,14-17-27(5,6)7)26-21(25)24-16-15-23-18-24/h10,12,14-18H,8-9,11,13H2,1-7H3/b17-14+,20-12+/t22-/m0/s1. The summed E-state index contributed by atoms with van der Waals surface area (Å²) in [5.74, 6) is 0. The average Bonchev–Trinajstić information content (AvgIpc) is 3.06. The van der Waals surface area contributed by atoms with E-state index in [-0.39, 0.29) is 9.99 Å². The first-order chi connectivity index (χ1) is 12.5. The Bertz CT molecular complexity index is 680. The highest BCUT2D eigenvalue weighted by molar-refractivity contribution is 8.14. The Morgan fingerprint density at radius 2 is 1.89 bits per heavy atom. The van der Waals surface area contributed by atoms with Crippen molar-refractivity contribution in [1.82, 2.24) is 9.55 Å². The van der Waals surface area contributed by atoms with Crippen molar-refractivity contribution in [2.45, 2.75) is 77.8 Å². The van der Waals surface area contributed by atoms with Crippen LogP contribution < -0.4 is 0 Å². The molecule has 0 aliphatic rings. The maximum absolute atomic E-state index is 12.6. The minimum Gasteiger partial charge on any atom is -0.267 e. The molecule has 0 spiro atoms. The fraction of sp³-hybridized carbons (Fsp3) is 0.545. The van der Waals surface area contributed by atoms with Gasteiger partial charge < -0.3 is 0 Å². The van der Waals surface area contributed by atoms with E-state index in [0.717, 1.165) is 25.7 Å². The Labute approximate surface area is 171 Å². The molecule has 0 fully saturated rings. The second-order valence-electron chi connectivity index (χ2n) is 8.76. The summed E-state index contributed by atoms with van der Waals surface area (Å²) in [7, 11) is -1.32. The van der Waals surface area contributed by atoms with E-state index in [1.807, 2.05) is 0 Å². The molecule has 0 saturated heterocycles. The highest BCUT2D eigenvalue weighted by atomic mass is 32.2. The van der Waals surface area contributed by atoms with Crippen LogP contribution in [0.25, 0.3) is 0 Å². The number of rotatable bonds is 9. The lowest BCUT2D eigenvalue weighted by atomic mass is 10.0. The Morgan fingerprint density at radius 3 is 2.44 bits per heavy atom. The molecule has 0 aliphatic heterocycles. The molecule has 0 N–H and O–H groups in total. The Morgan fingerprint density at radius 1 is 1.19 bits per heavy atom. The monoisotopic (exact) mass is 404 g/mol. The largest absolute Gasteiger partial charge is 0.291 e. The predicted octanol–water partition coefficient (Wildman–Crippen LogP) is 7.25. The third-order valence-electron chi connectivity index (χ3n) is 4.20. The number of nitrogens with zero attached hydrogens (tertiary/aromatic N) is 2. The molecule has 1 aromatic rings. The van der Waals surface area contributed by atoms with Crippen molar-refractivity contribution in [1.29, 1.82) is 0 Å². The van der Waals surface area contributed by atoms with Crippen molar-refractivity contribution in [2.24, 2.45) is 0 Å². The number of carbonyl (C=O) groups is 1. The zero-order valence-corrected chi connectivity index (χ0v) is 19.9.